The van der Waals surface area contributed by atoms with Gasteiger partial charge in [0.15, 0.2) is 0 Å². The van der Waals surface area contributed by atoms with E-state index in [2.05, 4.69) is 46.7 Å². The van der Waals surface area contributed by atoms with Crippen LogP contribution in [0, 0.1) is 17.8 Å². The lowest BCUT2D eigenvalue weighted by Crippen LogP contribution is -2.50. The first-order valence-electron chi connectivity index (χ1n) is 8.63. The molecule has 1 aliphatic carbocycles. The predicted molar refractivity (Wildman–Crippen MR) is 86.0 cm³/mol. The summed E-state index contributed by atoms with van der Waals surface area (Å²) in [5, 5.41) is 3.75. The standard InChI is InChI=1S/C17H30N4/c1-4-18-16-10-13(2)9-14(3)15(16)11-20-7-8-21-6-5-19-17(21)12-20/h5-6,13-16,18H,4,7-12H2,1-3H3. The lowest BCUT2D eigenvalue weighted by Gasteiger charge is -2.43. The van der Waals surface area contributed by atoms with Crippen molar-refractivity contribution in [2.75, 3.05) is 19.6 Å². The van der Waals surface area contributed by atoms with Crippen LogP contribution in [0.3, 0.4) is 0 Å². The molecule has 118 valence electrons. The van der Waals surface area contributed by atoms with Crippen molar-refractivity contribution in [3.05, 3.63) is 18.2 Å². The van der Waals surface area contributed by atoms with Gasteiger partial charge in [-0.25, -0.2) is 4.98 Å². The van der Waals surface area contributed by atoms with Crippen molar-refractivity contribution in [2.24, 2.45) is 17.8 Å². The van der Waals surface area contributed by atoms with Crippen molar-refractivity contribution in [2.45, 2.75) is 52.7 Å². The molecular weight excluding hydrogens is 260 g/mol. The van der Waals surface area contributed by atoms with Crippen molar-refractivity contribution in [3.63, 3.8) is 0 Å². The summed E-state index contributed by atoms with van der Waals surface area (Å²) < 4.78 is 2.30. The summed E-state index contributed by atoms with van der Waals surface area (Å²) in [6.07, 6.45) is 6.77. The van der Waals surface area contributed by atoms with Crippen LogP contribution in [0.1, 0.15) is 39.4 Å². The maximum atomic E-state index is 4.49. The molecule has 4 atom stereocenters. The average Bonchev–Trinajstić information content (AvgIpc) is 2.90. The first-order valence-corrected chi connectivity index (χ1v) is 8.63. The smallest absolute Gasteiger partial charge is 0.122 e. The molecule has 3 rings (SSSR count). The van der Waals surface area contributed by atoms with E-state index in [4.69, 9.17) is 0 Å². The number of hydrogen-bond donors (Lipinski definition) is 1. The van der Waals surface area contributed by atoms with Crippen LogP contribution in [0.25, 0.3) is 0 Å². The lowest BCUT2D eigenvalue weighted by atomic mass is 9.72. The summed E-state index contributed by atoms with van der Waals surface area (Å²) in [6, 6.07) is 0.690. The van der Waals surface area contributed by atoms with Crippen LogP contribution in [0.2, 0.25) is 0 Å². The van der Waals surface area contributed by atoms with Gasteiger partial charge >= 0.3 is 0 Å². The molecule has 1 fully saturated rings. The van der Waals surface area contributed by atoms with Crippen molar-refractivity contribution < 1.29 is 0 Å². The minimum absolute atomic E-state index is 0.690. The van der Waals surface area contributed by atoms with Crippen molar-refractivity contribution in [1.82, 2.24) is 19.8 Å². The quantitative estimate of drug-likeness (QED) is 0.924. The Balaban J connectivity index is 1.65. The zero-order valence-corrected chi connectivity index (χ0v) is 13.8. The summed E-state index contributed by atoms with van der Waals surface area (Å²) in [5.41, 5.74) is 0. The molecule has 0 radical (unpaired) electrons. The molecule has 1 aromatic heterocycles. The van der Waals surface area contributed by atoms with Crippen LogP contribution >= 0.6 is 0 Å². The first-order chi connectivity index (χ1) is 10.2. The second kappa shape index (κ2) is 6.49. The van der Waals surface area contributed by atoms with Crippen LogP contribution in [0.4, 0.5) is 0 Å². The second-order valence-electron chi connectivity index (χ2n) is 7.15. The topological polar surface area (TPSA) is 33.1 Å². The molecule has 1 aliphatic heterocycles. The molecule has 21 heavy (non-hydrogen) atoms. The number of fused-ring (bicyclic) bond motifs is 1. The maximum Gasteiger partial charge on any atom is 0.122 e. The number of aromatic nitrogens is 2. The highest BCUT2D eigenvalue weighted by Crippen LogP contribution is 2.34. The van der Waals surface area contributed by atoms with E-state index in [0.717, 1.165) is 37.4 Å². The van der Waals surface area contributed by atoms with E-state index in [9.17, 15) is 0 Å². The largest absolute Gasteiger partial charge is 0.333 e. The van der Waals surface area contributed by atoms with Crippen molar-refractivity contribution >= 4 is 0 Å². The highest BCUT2D eigenvalue weighted by molar-refractivity contribution is 4.97. The summed E-state index contributed by atoms with van der Waals surface area (Å²) in [5.74, 6) is 3.70. The fourth-order valence-corrected chi connectivity index (χ4v) is 4.39. The molecule has 4 unspecified atom stereocenters. The Kier molecular flexibility index (Phi) is 4.65. The Morgan fingerprint density at radius 2 is 2.14 bits per heavy atom. The Morgan fingerprint density at radius 3 is 2.95 bits per heavy atom. The first kappa shape index (κ1) is 15.0. The normalized spacial score (nSPS) is 33.9. The van der Waals surface area contributed by atoms with Gasteiger partial charge in [-0.1, -0.05) is 20.8 Å². The summed E-state index contributed by atoms with van der Waals surface area (Å²) in [7, 11) is 0. The van der Waals surface area contributed by atoms with Gasteiger partial charge < -0.3 is 9.88 Å². The van der Waals surface area contributed by atoms with Crippen molar-refractivity contribution in [1.29, 1.82) is 0 Å². The van der Waals surface area contributed by atoms with E-state index >= 15 is 0 Å². The molecule has 4 nitrogen and oxygen atoms in total. The fraction of sp³-hybridized carbons (Fsp3) is 0.824. The Hall–Kier alpha value is -0.870. The summed E-state index contributed by atoms with van der Waals surface area (Å²) in [6.45, 7) is 12.7. The minimum Gasteiger partial charge on any atom is -0.333 e. The van der Waals surface area contributed by atoms with Gasteiger partial charge in [0.1, 0.15) is 5.82 Å². The van der Waals surface area contributed by atoms with Gasteiger partial charge in [-0.3, -0.25) is 4.90 Å². The molecule has 2 heterocycles. The van der Waals surface area contributed by atoms with E-state index in [0.29, 0.717) is 6.04 Å². The Bertz CT molecular complexity index is 455. The molecule has 0 spiro atoms. The molecule has 4 heteroatoms. The van der Waals surface area contributed by atoms with Gasteiger partial charge in [-0.2, -0.15) is 0 Å². The second-order valence-corrected chi connectivity index (χ2v) is 7.15. The molecule has 0 bridgehead atoms. The third-order valence-corrected chi connectivity index (χ3v) is 5.44. The monoisotopic (exact) mass is 290 g/mol. The highest BCUT2D eigenvalue weighted by Gasteiger charge is 2.35. The highest BCUT2D eigenvalue weighted by atomic mass is 15.2. The molecule has 1 aromatic rings. The van der Waals surface area contributed by atoms with Gasteiger partial charge in [-0.05, 0) is 37.1 Å². The molecular formula is C17H30N4. The Morgan fingerprint density at radius 1 is 1.29 bits per heavy atom. The summed E-state index contributed by atoms with van der Waals surface area (Å²) >= 11 is 0. The van der Waals surface area contributed by atoms with E-state index in [-0.39, 0.29) is 0 Å². The van der Waals surface area contributed by atoms with E-state index in [1.807, 2.05) is 6.20 Å². The number of nitrogens with one attached hydrogen (secondary N) is 1. The van der Waals surface area contributed by atoms with Gasteiger partial charge in [0.25, 0.3) is 0 Å². The Labute approximate surface area is 128 Å². The SMILES string of the molecule is CCNC1CC(C)CC(C)C1CN1CCn2ccnc2C1. The molecule has 1 N–H and O–H groups in total. The predicted octanol–water partition coefficient (Wildman–Crippen LogP) is 2.36. The van der Waals surface area contributed by atoms with E-state index in [1.165, 1.54) is 31.8 Å². The van der Waals surface area contributed by atoms with Gasteiger partial charge in [0.2, 0.25) is 0 Å². The van der Waals surface area contributed by atoms with Crippen LogP contribution in [0.5, 0.6) is 0 Å². The third-order valence-electron chi connectivity index (χ3n) is 5.44. The number of rotatable bonds is 4. The molecule has 0 saturated heterocycles. The zero-order chi connectivity index (χ0) is 14.8. The molecule has 1 saturated carbocycles. The van der Waals surface area contributed by atoms with Crippen LogP contribution in [0.15, 0.2) is 12.4 Å². The number of imidazole rings is 1. The molecule has 0 amide bonds. The van der Waals surface area contributed by atoms with Gasteiger partial charge in [0, 0.05) is 38.1 Å². The lowest BCUT2D eigenvalue weighted by molar-refractivity contribution is 0.0881. The van der Waals surface area contributed by atoms with Crippen LogP contribution in [-0.4, -0.2) is 40.1 Å². The summed E-state index contributed by atoms with van der Waals surface area (Å²) in [4.78, 5) is 7.11. The van der Waals surface area contributed by atoms with Crippen LogP contribution in [-0.2, 0) is 13.1 Å². The van der Waals surface area contributed by atoms with Gasteiger partial charge in [-0.15, -0.1) is 0 Å². The number of hydrogen-bond acceptors (Lipinski definition) is 3. The minimum atomic E-state index is 0.690. The van der Waals surface area contributed by atoms with Gasteiger partial charge in [0.05, 0.1) is 6.54 Å². The van der Waals surface area contributed by atoms with E-state index in [1.54, 1.807) is 0 Å². The maximum absolute atomic E-state index is 4.49. The van der Waals surface area contributed by atoms with Crippen molar-refractivity contribution in [3.8, 4) is 0 Å². The fourth-order valence-electron chi connectivity index (χ4n) is 4.39. The van der Waals surface area contributed by atoms with E-state index < -0.39 is 0 Å². The van der Waals surface area contributed by atoms with Crippen LogP contribution < -0.4 is 5.32 Å². The molecule has 0 aromatic carbocycles. The molecule has 2 aliphatic rings. The third kappa shape index (κ3) is 3.32. The zero-order valence-electron chi connectivity index (χ0n) is 13.8. The number of nitrogens with zero attached hydrogens (tertiary/aromatic N) is 3. The average molecular weight is 290 g/mol.